The summed E-state index contributed by atoms with van der Waals surface area (Å²) in [5.74, 6) is 0.289. The average molecular weight is 521 g/mol. The van der Waals surface area contributed by atoms with Gasteiger partial charge in [0.1, 0.15) is 5.82 Å². The third kappa shape index (κ3) is 6.67. The summed E-state index contributed by atoms with van der Waals surface area (Å²) >= 11 is 0. The van der Waals surface area contributed by atoms with Crippen LogP contribution in [0.3, 0.4) is 0 Å². The van der Waals surface area contributed by atoms with E-state index in [0.717, 1.165) is 25.9 Å². The van der Waals surface area contributed by atoms with Gasteiger partial charge in [-0.2, -0.15) is 5.26 Å². The number of nitrogens with zero attached hydrogens (tertiary/aromatic N) is 3. The molecule has 7 heteroatoms. The highest BCUT2D eigenvalue weighted by molar-refractivity contribution is 14.0. The van der Waals surface area contributed by atoms with Crippen molar-refractivity contribution in [2.75, 3.05) is 13.6 Å². The minimum absolute atomic E-state index is 0. The molecule has 1 aliphatic heterocycles. The molecule has 0 bridgehead atoms. The van der Waals surface area contributed by atoms with Gasteiger partial charge in [-0.15, -0.1) is 24.0 Å². The second-order valence-corrected chi connectivity index (χ2v) is 7.51. The van der Waals surface area contributed by atoms with Crippen LogP contribution in [0.15, 0.2) is 53.5 Å². The smallest absolute Gasteiger partial charge is 0.191 e. The molecule has 0 saturated carbocycles. The number of hydrogen-bond acceptors (Lipinski definition) is 3. The Bertz CT molecular complexity index is 881. The molecule has 0 aliphatic carbocycles. The number of hydrogen-bond donors (Lipinski definition) is 2. The number of piperidine rings is 1. The highest BCUT2D eigenvalue weighted by Gasteiger charge is 2.26. The Morgan fingerprint density at radius 1 is 1.27 bits per heavy atom. The van der Waals surface area contributed by atoms with Gasteiger partial charge in [0.25, 0.3) is 0 Å². The average Bonchev–Trinajstić information content (AvgIpc) is 2.74. The molecule has 0 radical (unpaired) electrons. The summed E-state index contributed by atoms with van der Waals surface area (Å²) in [7, 11) is 1.72. The normalized spacial score (nSPS) is 19.5. The van der Waals surface area contributed by atoms with Crippen LogP contribution in [0.1, 0.15) is 36.5 Å². The van der Waals surface area contributed by atoms with Crippen molar-refractivity contribution in [1.82, 2.24) is 15.5 Å². The number of nitrogens with one attached hydrogen (secondary N) is 2. The largest absolute Gasteiger partial charge is 0.354 e. The summed E-state index contributed by atoms with van der Waals surface area (Å²) < 4.78 is 14.1. The van der Waals surface area contributed by atoms with Crippen LogP contribution < -0.4 is 10.6 Å². The Kier molecular flexibility index (Phi) is 9.53. The zero-order chi connectivity index (χ0) is 20.6. The van der Waals surface area contributed by atoms with Gasteiger partial charge in [0.05, 0.1) is 11.6 Å². The molecule has 2 aromatic rings. The maximum absolute atomic E-state index is 14.1. The quantitative estimate of drug-likeness (QED) is 0.355. The van der Waals surface area contributed by atoms with E-state index in [-0.39, 0.29) is 29.8 Å². The first-order chi connectivity index (χ1) is 14.1. The zero-order valence-corrected chi connectivity index (χ0v) is 19.8. The lowest BCUT2D eigenvalue weighted by atomic mass is 9.97. The van der Waals surface area contributed by atoms with Crippen molar-refractivity contribution in [1.29, 1.82) is 5.26 Å². The lowest BCUT2D eigenvalue weighted by Gasteiger charge is -2.38. The molecular formula is C23H29FIN5. The molecule has 0 amide bonds. The number of halogens is 2. The van der Waals surface area contributed by atoms with Crippen LogP contribution in [0, 0.1) is 17.1 Å². The molecule has 5 nitrogen and oxygen atoms in total. The van der Waals surface area contributed by atoms with Crippen LogP contribution in [-0.2, 0) is 13.1 Å². The topological polar surface area (TPSA) is 63.5 Å². The highest BCUT2D eigenvalue weighted by atomic mass is 127. The number of likely N-dealkylation sites (tertiary alicyclic amines) is 1. The zero-order valence-electron chi connectivity index (χ0n) is 17.4. The van der Waals surface area contributed by atoms with Crippen LogP contribution >= 0.6 is 24.0 Å². The molecule has 160 valence electrons. The van der Waals surface area contributed by atoms with Gasteiger partial charge in [-0.3, -0.25) is 9.89 Å². The first-order valence-corrected chi connectivity index (χ1v) is 10.0. The Balaban J connectivity index is 0.00000320. The number of aliphatic imine (C=N–C) groups is 1. The Labute approximate surface area is 195 Å². The molecular weight excluding hydrogens is 492 g/mol. The maximum atomic E-state index is 14.1. The molecule has 2 atom stereocenters. The van der Waals surface area contributed by atoms with Gasteiger partial charge < -0.3 is 10.6 Å². The monoisotopic (exact) mass is 521 g/mol. The van der Waals surface area contributed by atoms with E-state index in [1.54, 1.807) is 19.2 Å². The number of benzene rings is 2. The van der Waals surface area contributed by atoms with Crippen LogP contribution in [0.2, 0.25) is 0 Å². The van der Waals surface area contributed by atoms with Crippen LogP contribution in [0.25, 0.3) is 0 Å². The van der Waals surface area contributed by atoms with Crippen LogP contribution in [-0.4, -0.2) is 36.5 Å². The Morgan fingerprint density at radius 2 is 2.03 bits per heavy atom. The van der Waals surface area contributed by atoms with Crippen molar-refractivity contribution >= 4 is 29.9 Å². The highest BCUT2D eigenvalue weighted by Crippen LogP contribution is 2.20. The van der Waals surface area contributed by atoms with Gasteiger partial charge in [-0.1, -0.05) is 36.4 Å². The van der Waals surface area contributed by atoms with Crippen molar-refractivity contribution in [2.24, 2.45) is 4.99 Å². The van der Waals surface area contributed by atoms with E-state index in [9.17, 15) is 4.39 Å². The van der Waals surface area contributed by atoms with Crippen molar-refractivity contribution in [3.8, 4) is 6.07 Å². The van der Waals surface area contributed by atoms with Gasteiger partial charge in [0.15, 0.2) is 5.96 Å². The van der Waals surface area contributed by atoms with Gasteiger partial charge in [-0.25, -0.2) is 4.39 Å². The summed E-state index contributed by atoms with van der Waals surface area (Å²) in [4.78, 5) is 6.79. The standard InChI is InChI=1S/C23H28FN5.HI/c1-17-12-21(10-11-29(17)16-18-6-4-3-5-7-18)28-23(26-2)27-15-20-9-8-19(14-25)13-22(20)24;/h3-9,13,17,21H,10-12,15-16H2,1-2H3,(H2,26,27,28);1H. The van der Waals surface area contributed by atoms with Gasteiger partial charge in [0, 0.05) is 44.3 Å². The first-order valence-electron chi connectivity index (χ1n) is 10.0. The molecule has 3 rings (SSSR count). The number of guanidine groups is 1. The second kappa shape index (κ2) is 11.9. The molecule has 1 fully saturated rings. The fraction of sp³-hybridized carbons (Fsp3) is 0.391. The van der Waals surface area contributed by atoms with E-state index < -0.39 is 0 Å². The molecule has 2 aromatic carbocycles. The van der Waals surface area contributed by atoms with E-state index in [1.165, 1.54) is 11.6 Å². The lowest BCUT2D eigenvalue weighted by Crippen LogP contribution is -2.51. The van der Waals surface area contributed by atoms with Crippen LogP contribution in [0.4, 0.5) is 4.39 Å². The molecule has 0 spiro atoms. The summed E-state index contributed by atoms with van der Waals surface area (Å²) in [5.41, 5.74) is 2.18. The third-order valence-corrected chi connectivity index (χ3v) is 5.44. The Morgan fingerprint density at radius 3 is 2.67 bits per heavy atom. The Hall–Kier alpha value is -2.18. The molecule has 30 heavy (non-hydrogen) atoms. The predicted octanol–water partition coefficient (Wildman–Crippen LogP) is 4.03. The van der Waals surface area contributed by atoms with Crippen LogP contribution in [0.5, 0.6) is 0 Å². The molecule has 1 heterocycles. The van der Waals surface area contributed by atoms with E-state index >= 15 is 0 Å². The molecule has 2 unspecified atom stereocenters. The molecule has 0 aromatic heterocycles. The number of rotatable bonds is 5. The second-order valence-electron chi connectivity index (χ2n) is 7.51. The van der Waals surface area contributed by atoms with Gasteiger partial charge >= 0.3 is 0 Å². The summed E-state index contributed by atoms with van der Waals surface area (Å²) in [6.45, 7) is 4.58. The minimum atomic E-state index is -0.380. The fourth-order valence-electron chi connectivity index (χ4n) is 3.73. The fourth-order valence-corrected chi connectivity index (χ4v) is 3.73. The minimum Gasteiger partial charge on any atom is -0.354 e. The SMILES string of the molecule is CN=C(NCc1ccc(C#N)cc1F)NC1CCN(Cc2ccccc2)C(C)C1.I. The number of nitriles is 1. The van der Waals surface area contributed by atoms with Crippen molar-refractivity contribution in [3.05, 3.63) is 71.0 Å². The first kappa shape index (κ1) is 24.1. The van der Waals surface area contributed by atoms with Crippen molar-refractivity contribution < 1.29 is 4.39 Å². The van der Waals surface area contributed by atoms with Crippen molar-refractivity contribution in [3.63, 3.8) is 0 Å². The summed E-state index contributed by atoms with van der Waals surface area (Å²) in [5, 5.41) is 15.5. The molecule has 1 aliphatic rings. The summed E-state index contributed by atoms with van der Waals surface area (Å²) in [6.07, 6.45) is 2.06. The molecule has 1 saturated heterocycles. The van der Waals surface area contributed by atoms with E-state index in [4.69, 9.17) is 5.26 Å². The molecule has 2 N–H and O–H groups in total. The predicted molar refractivity (Wildman–Crippen MR) is 129 cm³/mol. The lowest BCUT2D eigenvalue weighted by molar-refractivity contribution is 0.134. The summed E-state index contributed by atoms with van der Waals surface area (Å²) in [6, 6.07) is 17.8. The maximum Gasteiger partial charge on any atom is 0.191 e. The van der Waals surface area contributed by atoms with E-state index in [0.29, 0.717) is 35.7 Å². The van der Waals surface area contributed by atoms with Gasteiger partial charge in [0.2, 0.25) is 0 Å². The third-order valence-electron chi connectivity index (χ3n) is 5.44. The van der Waals surface area contributed by atoms with E-state index in [1.807, 2.05) is 12.1 Å². The van der Waals surface area contributed by atoms with Crippen molar-refractivity contribution in [2.45, 2.75) is 44.9 Å². The van der Waals surface area contributed by atoms with Gasteiger partial charge in [-0.05, 0) is 37.5 Å². The van der Waals surface area contributed by atoms with E-state index in [2.05, 4.69) is 51.7 Å².